The summed E-state index contributed by atoms with van der Waals surface area (Å²) in [4.78, 5) is 23.3. The van der Waals surface area contributed by atoms with Crippen LogP contribution in [0.5, 0.6) is 0 Å². The molecule has 1 heterocycles. The summed E-state index contributed by atoms with van der Waals surface area (Å²) >= 11 is 0. The molecule has 0 aromatic heterocycles. The second kappa shape index (κ2) is 6.86. The zero-order valence-corrected chi connectivity index (χ0v) is 13.3. The van der Waals surface area contributed by atoms with Crippen molar-refractivity contribution in [3.8, 4) is 6.07 Å². The van der Waals surface area contributed by atoms with Gasteiger partial charge < -0.3 is 9.64 Å². The third kappa shape index (κ3) is 5.31. The lowest BCUT2D eigenvalue weighted by molar-refractivity contribution is -0.138. The molecule has 0 unspecified atom stereocenters. The van der Waals surface area contributed by atoms with Crippen molar-refractivity contribution in [2.45, 2.75) is 45.6 Å². The van der Waals surface area contributed by atoms with Gasteiger partial charge >= 0.3 is 0 Å². The lowest BCUT2D eigenvalue weighted by Crippen LogP contribution is -2.36. The van der Waals surface area contributed by atoms with E-state index in [1.54, 1.807) is 0 Å². The molecule has 1 saturated heterocycles. The Hall–Kier alpha value is -1.67. The van der Waals surface area contributed by atoms with Crippen LogP contribution in [0.3, 0.4) is 0 Å². The van der Waals surface area contributed by atoms with E-state index in [0.29, 0.717) is 18.5 Å². The summed E-state index contributed by atoms with van der Waals surface area (Å²) in [6, 6.07) is 1.99. The van der Waals surface area contributed by atoms with E-state index >= 15 is 0 Å². The molecule has 1 fully saturated rings. The highest BCUT2D eigenvalue weighted by Crippen LogP contribution is 2.42. The van der Waals surface area contributed by atoms with Crippen LogP contribution in [0.4, 0.5) is 0 Å². The fourth-order valence-corrected chi connectivity index (χ4v) is 2.48. The SMILES string of the molecule is CC(C)(C)OC=O.CN1CCC2(C=C(C#N)C(=O)C2)CC1. The number of ether oxygens (including phenoxy) is 1. The van der Waals surface area contributed by atoms with Crippen molar-refractivity contribution >= 4 is 12.3 Å². The van der Waals surface area contributed by atoms with Crippen molar-refractivity contribution < 1.29 is 14.3 Å². The first kappa shape index (κ1) is 17.4. The van der Waals surface area contributed by atoms with Gasteiger partial charge in [-0.15, -0.1) is 0 Å². The zero-order valence-electron chi connectivity index (χ0n) is 13.3. The minimum absolute atomic E-state index is 0.0225. The van der Waals surface area contributed by atoms with E-state index in [-0.39, 0.29) is 16.8 Å². The van der Waals surface area contributed by atoms with E-state index in [4.69, 9.17) is 5.26 Å². The van der Waals surface area contributed by atoms with Gasteiger partial charge in [-0.05, 0) is 59.2 Å². The molecule has 0 aromatic rings. The van der Waals surface area contributed by atoms with Crippen LogP contribution in [0, 0.1) is 16.7 Å². The van der Waals surface area contributed by atoms with Crippen LogP contribution in [-0.2, 0) is 14.3 Å². The fourth-order valence-electron chi connectivity index (χ4n) is 2.48. The van der Waals surface area contributed by atoms with Crippen molar-refractivity contribution in [1.29, 1.82) is 5.26 Å². The van der Waals surface area contributed by atoms with E-state index in [1.165, 1.54) is 0 Å². The number of hydrogen-bond donors (Lipinski definition) is 0. The summed E-state index contributed by atoms with van der Waals surface area (Å²) in [5.74, 6) is 0.0389. The van der Waals surface area contributed by atoms with Crippen LogP contribution >= 0.6 is 0 Å². The Morgan fingerprint density at radius 1 is 1.38 bits per heavy atom. The van der Waals surface area contributed by atoms with Crippen LogP contribution < -0.4 is 0 Å². The third-order valence-electron chi connectivity index (χ3n) is 3.77. The van der Waals surface area contributed by atoms with Gasteiger partial charge in [0.2, 0.25) is 0 Å². The van der Waals surface area contributed by atoms with Crippen LogP contribution in [0.25, 0.3) is 0 Å². The first-order chi connectivity index (χ1) is 9.71. The van der Waals surface area contributed by atoms with Gasteiger partial charge in [-0.25, -0.2) is 0 Å². The Bertz CT molecular complexity index is 461. The maximum Gasteiger partial charge on any atom is 0.293 e. The van der Waals surface area contributed by atoms with E-state index in [1.807, 2.05) is 32.9 Å². The van der Waals surface area contributed by atoms with Crippen LogP contribution in [0.15, 0.2) is 11.6 Å². The molecule has 0 radical (unpaired) electrons. The number of ketones is 1. The normalized spacial score (nSPS) is 21.1. The van der Waals surface area contributed by atoms with Crippen molar-refractivity contribution in [3.05, 3.63) is 11.6 Å². The largest absolute Gasteiger partial charge is 0.462 e. The number of likely N-dealkylation sites (tertiary alicyclic amines) is 1. The van der Waals surface area contributed by atoms with Crippen molar-refractivity contribution in [2.24, 2.45) is 5.41 Å². The van der Waals surface area contributed by atoms with E-state index in [2.05, 4.69) is 16.7 Å². The molecule has 116 valence electrons. The standard InChI is InChI=1S/C11H14N2O.C5H10O2/c1-13-4-2-11(3-5-13)6-9(8-12)10(14)7-11;1-5(2,3)7-4-6/h6H,2-5,7H2,1H3;4H,1-3H3. The molecule has 0 atom stereocenters. The van der Waals surface area contributed by atoms with Gasteiger partial charge in [-0.1, -0.05) is 6.08 Å². The minimum Gasteiger partial charge on any atom is -0.462 e. The average Bonchev–Trinajstić information content (AvgIpc) is 2.69. The van der Waals surface area contributed by atoms with Crippen LogP contribution in [0.2, 0.25) is 0 Å². The van der Waals surface area contributed by atoms with Gasteiger partial charge in [0.05, 0.1) is 5.57 Å². The van der Waals surface area contributed by atoms with Gasteiger partial charge in [-0.3, -0.25) is 9.59 Å². The monoisotopic (exact) mass is 292 g/mol. The lowest BCUT2D eigenvalue weighted by Gasteiger charge is -2.35. The Labute approximate surface area is 126 Å². The summed E-state index contributed by atoms with van der Waals surface area (Å²) in [7, 11) is 2.10. The Kier molecular flexibility index (Phi) is 5.68. The average molecular weight is 292 g/mol. The number of piperidine rings is 1. The number of carbonyl (C=O) groups excluding carboxylic acids is 2. The highest BCUT2D eigenvalue weighted by atomic mass is 16.5. The lowest BCUT2D eigenvalue weighted by atomic mass is 9.78. The molecule has 1 aliphatic heterocycles. The number of Topliss-reactive ketones (excluding diaryl/α,β-unsaturated/α-hetero) is 1. The molecule has 0 N–H and O–H groups in total. The highest BCUT2D eigenvalue weighted by molar-refractivity contribution is 6.02. The van der Waals surface area contributed by atoms with Gasteiger partial charge in [0.15, 0.2) is 5.78 Å². The smallest absolute Gasteiger partial charge is 0.293 e. The number of carbonyl (C=O) groups is 2. The first-order valence-electron chi connectivity index (χ1n) is 7.17. The molecule has 0 amide bonds. The van der Waals surface area contributed by atoms with Gasteiger partial charge in [-0.2, -0.15) is 5.26 Å². The second-order valence-electron chi connectivity index (χ2n) is 6.76. The number of hydrogen-bond acceptors (Lipinski definition) is 5. The Balaban J connectivity index is 0.000000270. The molecule has 5 heteroatoms. The fraction of sp³-hybridized carbons (Fsp3) is 0.688. The summed E-state index contributed by atoms with van der Waals surface area (Å²) < 4.78 is 4.55. The number of rotatable bonds is 1. The molecular weight excluding hydrogens is 268 g/mol. The second-order valence-corrected chi connectivity index (χ2v) is 6.76. The zero-order chi connectivity index (χ0) is 16.1. The van der Waals surface area contributed by atoms with Crippen LogP contribution in [0.1, 0.15) is 40.0 Å². The molecule has 0 aromatic carbocycles. The molecule has 1 aliphatic carbocycles. The van der Waals surface area contributed by atoms with Crippen molar-refractivity contribution in [1.82, 2.24) is 4.90 Å². The quantitative estimate of drug-likeness (QED) is 0.692. The van der Waals surface area contributed by atoms with Gasteiger partial charge in [0.25, 0.3) is 6.47 Å². The summed E-state index contributed by atoms with van der Waals surface area (Å²) in [6.45, 7) is 7.98. The Morgan fingerprint density at radius 3 is 2.29 bits per heavy atom. The summed E-state index contributed by atoms with van der Waals surface area (Å²) in [5, 5.41) is 8.75. The number of nitriles is 1. The van der Waals surface area contributed by atoms with Crippen molar-refractivity contribution in [2.75, 3.05) is 20.1 Å². The highest BCUT2D eigenvalue weighted by Gasteiger charge is 2.39. The number of allylic oxidation sites excluding steroid dienone is 2. The maximum absolute atomic E-state index is 11.5. The molecule has 0 bridgehead atoms. The Morgan fingerprint density at radius 2 is 1.95 bits per heavy atom. The predicted octanol–water partition coefficient (Wildman–Crippen LogP) is 2.08. The molecule has 2 rings (SSSR count). The minimum atomic E-state index is -0.318. The van der Waals surface area contributed by atoms with E-state index < -0.39 is 0 Å². The van der Waals surface area contributed by atoms with E-state index in [9.17, 15) is 9.59 Å². The third-order valence-corrected chi connectivity index (χ3v) is 3.77. The topological polar surface area (TPSA) is 70.4 Å². The van der Waals surface area contributed by atoms with Gasteiger partial charge in [0, 0.05) is 6.42 Å². The van der Waals surface area contributed by atoms with E-state index in [0.717, 1.165) is 25.9 Å². The molecule has 2 aliphatic rings. The van der Waals surface area contributed by atoms with Crippen LogP contribution in [-0.4, -0.2) is 42.9 Å². The predicted molar refractivity (Wildman–Crippen MR) is 79.4 cm³/mol. The van der Waals surface area contributed by atoms with Crippen molar-refractivity contribution in [3.63, 3.8) is 0 Å². The summed E-state index contributed by atoms with van der Waals surface area (Å²) in [5.41, 5.74) is 0.0886. The molecule has 5 nitrogen and oxygen atoms in total. The molecule has 21 heavy (non-hydrogen) atoms. The molecule has 0 saturated carbocycles. The molecular formula is C16H24N2O3. The summed E-state index contributed by atoms with van der Waals surface area (Å²) in [6.07, 6.45) is 4.51. The maximum atomic E-state index is 11.5. The first-order valence-corrected chi connectivity index (χ1v) is 7.17. The van der Waals surface area contributed by atoms with Gasteiger partial charge in [0.1, 0.15) is 11.7 Å². The number of nitrogens with zero attached hydrogens (tertiary/aromatic N) is 2. The molecule has 1 spiro atoms.